The third-order valence-electron chi connectivity index (χ3n) is 4.47. The Balaban J connectivity index is 2.14. The molecule has 29 heavy (non-hydrogen) atoms. The van der Waals surface area contributed by atoms with Crippen molar-refractivity contribution in [3.8, 4) is 0 Å². The lowest BCUT2D eigenvalue weighted by Crippen LogP contribution is -2.63. The quantitative estimate of drug-likeness (QED) is 0.315. The summed E-state index contributed by atoms with van der Waals surface area (Å²) >= 11 is 0. The van der Waals surface area contributed by atoms with Gasteiger partial charge >= 0.3 is 11.9 Å². The normalized spacial score (nSPS) is 40.3. The van der Waals surface area contributed by atoms with Gasteiger partial charge in [0.2, 0.25) is 0 Å². The number of carbonyl (C=O) groups excluding carboxylic acids is 2. The van der Waals surface area contributed by atoms with Gasteiger partial charge in [0.25, 0.3) is 0 Å². The molecular weight excluding hydrogens is 396 g/mol. The van der Waals surface area contributed by atoms with Crippen molar-refractivity contribution in [2.24, 2.45) is 0 Å². The molecule has 0 spiro atoms. The van der Waals surface area contributed by atoms with Crippen molar-refractivity contribution in [2.45, 2.75) is 76.1 Å². The van der Waals surface area contributed by atoms with Crippen molar-refractivity contribution in [1.29, 1.82) is 0 Å². The average molecular weight is 424 g/mol. The van der Waals surface area contributed by atoms with Gasteiger partial charge in [-0.1, -0.05) is 0 Å². The summed E-state index contributed by atoms with van der Waals surface area (Å²) in [4.78, 5) is 22.2. The number of rotatable bonds is 7. The first-order chi connectivity index (χ1) is 13.6. The van der Waals surface area contributed by atoms with E-state index in [0.717, 1.165) is 6.92 Å². The van der Waals surface area contributed by atoms with Crippen molar-refractivity contribution >= 4 is 11.9 Å². The van der Waals surface area contributed by atoms with Crippen LogP contribution in [0, 0.1) is 0 Å². The number of esters is 2. The van der Waals surface area contributed by atoms with E-state index in [1.54, 1.807) is 6.92 Å². The van der Waals surface area contributed by atoms with Crippen LogP contribution < -0.4 is 0 Å². The summed E-state index contributed by atoms with van der Waals surface area (Å²) in [5.74, 6) is -1.27. The zero-order chi connectivity index (χ0) is 21.7. The van der Waals surface area contributed by atoms with Gasteiger partial charge in [0.15, 0.2) is 18.7 Å². The molecule has 0 aromatic heterocycles. The lowest BCUT2D eigenvalue weighted by molar-refractivity contribution is -0.356. The van der Waals surface area contributed by atoms with Gasteiger partial charge in [-0.2, -0.15) is 0 Å². The average Bonchev–Trinajstić information content (AvgIpc) is 2.65. The summed E-state index contributed by atoms with van der Waals surface area (Å²) in [6, 6.07) is 0. The monoisotopic (exact) mass is 424 g/mol. The molecule has 0 bridgehead atoms. The Morgan fingerprint density at radius 1 is 0.966 bits per heavy atom. The molecule has 2 rings (SSSR count). The van der Waals surface area contributed by atoms with E-state index < -0.39 is 73.9 Å². The number of carbonyl (C=O) groups is 2. The zero-order valence-corrected chi connectivity index (χ0v) is 16.4. The highest BCUT2D eigenvalue weighted by Crippen LogP contribution is 2.28. The Morgan fingerprint density at radius 3 is 2.24 bits per heavy atom. The fourth-order valence-corrected chi connectivity index (χ4v) is 3.05. The molecule has 9 unspecified atom stereocenters. The molecule has 2 aliphatic rings. The topological polar surface area (TPSA) is 170 Å². The number of aliphatic hydroxyl groups excluding tert-OH is 4. The molecule has 0 aliphatic carbocycles. The number of hydrogen-bond donors (Lipinski definition) is 4. The first-order valence-corrected chi connectivity index (χ1v) is 9.22. The Hall–Kier alpha value is -1.38. The van der Waals surface area contributed by atoms with Crippen LogP contribution in [0.2, 0.25) is 0 Å². The zero-order valence-electron chi connectivity index (χ0n) is 16.4. The largest absolute Gasteiger partial charge is 0.463 e. The number of ether oxygens (including phenoxy) is 6. The van der Waals surface area contributed by atoms with Crippen LogP contribution in [-0.4, -0.2) is 107 Å². The van der Waals surface area contributed by atoms with Crippen LogP contribution >= 0.6 is 0 Å². The minimum Gasteiger partial charge on any atom is -0.463 e. The summed E-state index contributed by atoms with van der Waals surface area (Å²) in [7, 11) is 0. The summed E-state index contributed by atoms with van der Waals surface area (Å²) in [6.07, 6.45) is -12.4. The standard InChI is InChI=1S/C17H28O12/c1-4-24-17-15(12(21)10(6-26-17)27-8(3)19)29-16-14(23)13(22)11(20)9(28-16)5-25-7(2)18/h9-17,20-23H,4-6H2,1-3H3. The van der Waals surface area contributed by atoms with Crippen LogP contribution in [0.5, 0.6) is 0 Å². The van der Waals surface area contributed by atoms with E-state index in [-0.39, 0.29) is 13.2 Å². The van der Waals surface area contributed by atoms with Gasteiger partial charge in [-0.05, 0) is 6.92 Å². The third kappa shape index (κ3) is 6.06. The number of aliphatic hydroxyl groups is 4. The molecule has 2 aliphatic heterocycles. The summed E-state index contributed by atoms with van der Waals surface area (Å²) < 4.78 is 31.7. The second-order valence-electron chi connectivity index (χ2n) is 6.71. The van der Waals surface area contributed by atoms with Gasteiger partial charge in [-0.25, -0.2) is 0 Å². The fourth-order valence-electron chi connectivity index (χ4n) is 3.05. The van der Waals surface area contributed by atoms with Crippen LogP contribution in [0.15, 0.2) is 0 Å². The lowest BCUT2D eigenvalue weighted by Gasteiger charge is -2.44. The Kier molecular flexibility index (Phi) is 8.73. The molecule has 0 aromatic carbocycles. The molecule has 168 valence electrons. The van der Waals surface area contributed by atoms with Gasteiger partial charge in [-0.15, -0.1) is 0 Å². The van der Waals surface area contributed by atoms with Gasteiger partial charge in [0, 0.05) is 20.5 Å². The van der Waals surface area contributed by atoms with Crippen LogP contribution in [0.25, 0.3) is 0 Å². The van der Waals surface area contributed by atoms with E-state index in [0.29, 0.717) is 0 Å². The van der Waals surface area contributed by atoms with Crippen molar-refractivity contribution in [3.63, 3.8) is 0 Å². The fraction of sp³-hybridized carbons (Fsp3) is 0.882. The van der Waals surface area contributed by atoms with Crippen LogP contribution in [-0.2, 0) is 38.0 Å². The summed E-state index contributed by atoms with van der Waals surface area (Å²) in [5, 5.41) is 40.9. The molecule has 2 heterocycles. The predicted octanol–water partition coefficient (Wildman–Crippen LogP) is -2.57. The highest BCUT2D eigenvalue weighted by Gasteiger charge is 2.49. The molecule has 4 N–H and O–H groups in total. The molecule has 0 aromatic rings. The minimum atomic E-state index is -1.69. The van der Waals surface area contributed by atoms with Crippen molar-refractivity contribution in [3.05, 3.63) is 0 Å². The van der Waals surface area contributed by atoms with E-state index in [2.05, 4.69) is 0 Å². The van der Waals surface area contributed by atoms with E-state index in [9.17, 15) is 30.0 Å². The highest BCUT2D eigenvalue weighted by molar-refractivity contribution is 5.66. The lowest BCUT2D eigenvalue weighted by atomic mass is 9.98. The Morgan fingerprint density at radius 2 is 1.66 bits per heavy atom. The first-order valence-electron chi connectivity index (χ1n) is 9.22. The second-order valence-corrected chi connectivity index (χ2v) is 6.71. The van der Waals surface area contributed by atoms with Crippen molar-refractivity contribution < 1.29 is 58.4 Å². The number of hydrogen-bond acceptors (Lipinski definition) is 12. The van der Waals surface area contributed by atoms with Gasteiger partial charge in [0.05, 0.1) is 6.61 Å². The first kappa shape index (κ1) is 23.9. The van der Waals surface area contributed by atoms with Crippen molar-refractivity contribution in [2.75, 3.05) is 19.8 Å². The van der Waals surface area contributed by atoms with E-state index in [4.69, 9.17) is 28.4 Å². The molecule has 0 saturated carbocycles. The molecule has 9 atom stereocenters. The van der Waals surface area contributed by atoms with Crippen LogP contribution in [0.1, 0.15) is 20.8 Å². The van der Waals surface area contributed by atoms with E-state index >= 15 is 0 Å². The summed E-state index contributed by atoms with van der Waals surface area (Å²) in [6.45, 7) is 3.69. The Bertz CT molecular complexity index is 557. The van der Waals surface area contributed by atoms with Crippen molar-refractivity contribution in [1.82, 2.24) is 0 Å². The maximum atomic E-state index is 11.2. The van der Waals surface area contributed by atoms with Gasteiger partial charge < -0.3 is 48.8 Å². The van der Waals surface area contributed by atoms with Crippen LogP contribution in [0.3, 0.4) is 0 Å². The maximum Gasteiger partial charge on any atom is 0.303 e. The smallest absolute Gasteiger partial charge is 0.303 e. The molecule has 12 heteroatoms. The summed E-state index contributed by atoms with van der Waals surface area (Å²) in [5.41, 5.74) is 0. The second kappa shape index (κ2) is 10.6. The minimum absolute atomic E-state index is 0.143. The molecular formula is C17H28O12. The maximum absolute atomic E-state index is 11.2. The molecule has 0 amide bonds. The van der Waals surface area contributed by atoms with Gasteiger partial charge in [-0.3, -0.25) is 9.59 Å². The third-order valence-corrected chi connectivity index (χ3v) is 4.47. The SMILES string of the molecule is CCOC1OCC(OC(C)=O)C(O)C1OC1OC(COC(C)=O)C(O)C(O)C1O. The van der Waals surface area contributed by atoms with E-state index in [1.165, 1.54) is 6.92 Å². The Labute approximate surface area is 167 Å². The molecule has 0 radical (unpaired) electrons. The molecule has 2 fully saturated rings. The molecule has 12 nitrogen and oxygen atoms in total. The van der Waals surface area contributed by atoms with Crippen LogP contribution in [0.4, 0.5) is 0 Å². The molecule has 2 saturated heterocycles. The predicted molar refractivity (Wildman–Crippen MR) is 91.1 cm³/mol. The van der Waals surface area contributed by atoms with Gasteiger partial charge in [0.1, 0.15) is 43.2 Å². The van der Waals surface area contributed by atoms with E-state index in [1.807, 2.05) is 0 Å². The highest BCUT2D eigenvalue weighted by atomic mass is 16.8.